The van der Waals surface area contributed by atoms with Gasteiger partial charge in [-0.25, -0.2) is 9.97 Å². The first-order valence-corrected chi connectivity index (χ1v) is 7.23. The molecule has 3 rings (SSSR count). The quantitative estimate of drug-likeness (QED) is 0.925. The Morgan fingerprint density at radius 1 is 1.27 bits per heavy atom. The van der Waals surface area contributed by atoms with Gasteiger partial charge in [-0.2, -0.15) is 0 Å². The molecule has 0 amide bonds. The molecule has 2 aromatic rings. The van der Waals surface area contributed by atoms with Crippen LogP contribution in [-0.2, 0) is 19.5 Å². The zero-order valence-corrected chi connectivity index (χ0v) is 12.9. The minimum Gasteiger partial charge on any atom is -0.497 e. The van der Waals surface area contributed by atoms with Gasteiger partial charge < -0.3 is 15.2 Å². The minimum absolute atomic E-state index is 0.349. The molecule has 1 aromatic carbocycles. The van der Waals surface area contributed by atoms with E-state index in [2.05, 4.69) is 14.9 Å². The second-order valence-electron chi connectivity index (χ2n) is 5.34. The van der Waals surface area contributed by atoms with Crippen LogP contribution >= 0.6 is 0 Å². The highest BCUT2D eigenvalue weighted by atomic mass is 16.5. The Kier molecular flexibility index (Phi) is 4.11. The number of rotatable bonds is 4. The highest BCUT2D eigenvalue weighted by molar-refractivity contribution is 5.40. The van der Waals surface area contributed by atoms with E-state index < -0.39 is 0 Å². The van der Waals surface area contributed by atoms with Crippen LogP contribution in [0.2, 0.25) is 0 Å². The molecule has 2 heterocycles. The van der Waals surface area contributed by atoms with Crippen LogP contribution in [-0.4, -0.2) is 35.6 Å². The number of nitrogens with two attached hydrogens (primary N) is 1. The highest BCUT2D eigenvalue weighted by Crippen LogP contribution is 2.27. The number of methoxy groups -OCH3 is 2. The second kappa shape index (κ2) is 6.19. The smallest absolute Gasteiger partial charge is 0.220 e. The maximum Gasteiger partial charge on any atom is 0.220 e. The number of nitrogen functional groups attached to an aromatic ring is 1. The van der Waals surface area contributed by atoms with Gasteiger partial charge in [-0.05, 0) is 18.2 Å². The number of fused-ring (bicyclic) bond motifs is 1. The SMILES string of the molecule is COc1ccc(OC)c(CN2CCc3nc(N)ncc3C2)c1. The van der Waals surface area contributed by atoms with Crippen molar-refractivity contribution in [3.8, 4) is 11.5 Å². The Balaban J connectivity index is 1.78. The molecule has 0 saturated carbocycles. The number of aromatic nitrogens is 2. The molecule has 0 unspecified atom stereocenters. The number of hydrogen-bond donors (Lipinski definition) is 1. The minimum atomic E-state index is 0.349. The van der Waals surface area contributed by atoms with Crippen molar-refractivity contribution in [2.45, 2.75) is 19.5 Å². The summed E-state index contributed by atoms with van der Waals surface area (Å²) in [5, 5.41) is 0. The van der Waals surface area contributed by atoms with Crippen molar-refractivity contribution in [2.75, 3.05) is 26.5 Å². The topological polar surface area (TPSA) is 73.5 Å². The van der Waals surface area contributed by atoms with Crippen LogP contribution in [0.1, 0.15) is 16.8 Å². The third-order valence-corrected chi connectivity index (χ3v) is 3.91. The Labute approximate surface area is 129 Å². The van der Waals surface area contributed by atoms with E-state index in [1.165, 1.54) is 0 Å². The highest BCUT2D eigenvalue weighted by Gasteiger charge is 2.19. The Bertz CT molecular complexity index is 675. The molecule has 0 fully saturated rings. The van der Waals surface area contributed by atoms with Crippen LogP contribution in [0.3, 0.4) is 0 Å². The second-order valence-corrected chi connectivity index (χ2v) is 5.34. The molecule has 22 heavy (non-hydrogen) atoms. The lowest BCUT2D eigenvalue weighted by Crippen LogP contribution is -2.31. The van der Waals surface area contributed by atoms with Gasteiger partial charge in [-0.15, -0.1) is 0 Å². The normalized spacial score (nSPS) is 14.5. The fourth-order valence-corrected chi connectivity index (χ4v) is 2.77. The number of anilines is 1. The van der Waals surface area contributed by atoms with Crippen molar-refractivity contribution >= 4 is 5.95 Å². The van der Waals surface area contributed by atoms with Crippen molar-refractivity contribution in [3.05, 3.63) is 41.2 Å². The van der Waals surface area contributed by atoms with Gasteiger partial charge in [0, 0.05) is 43.4 Å². The summed E-state index contributed by atoms with van der Waals surface area (Å²) in [7, 11) is 3.36. The number of hydrogen-bond acceptors (Lipinski definition) is 6. The molecule has 0 aliphatic carbocycles. The third-order valence-electron chi connectivity index (χ3n) is 3.91. The summed E-state index contributed by atoms with van der Waals surface area (Å²) in [6, 6.07) is 5.87. The summed E-state index contributed by atoms with van der Waals surface area (Å²) < 4.78 is 10.8. The molecule has 1 aromatic heterocycles. The molecule has 1 aliphatic rings. The van der Waals surface area contributed by atoms with Gasteiger partial charge in [-0.3, -0.25) is 4.90 Å². The van der Waals surface area contributed by atoms with E-state index in [9.17, 15) is 0 Å². The first kappa shape index (κ1) is 14.6. The van der Waals surface area contributed by atoms with E-state index >= 15 is 0 Å². The zero-order valence-electron chi connectivity index (χ0n) is 12.9. The molecule has 1 aliphatic heterocycles. The van der Waals surface area contributed by atoms with E-state index in [1.54, 1.807) is 14.2 Å². The van der Waals surface area contributed by atoms with E-state index in [1.807, 2.05) is 24.4 Å². The van der Waals surface area contributed by atoms with E-state index in [-0.39, 0.29) is 0 Å². The van der Waals surface area contributed by atoms with Crippen LogP contribution in [0, 0.1) is 0 Å². The van der Waals surface area contributed by atoms with Crippen LogP contribution in [0.5, 0.6) is 11.5 Å². The van der Waals surface area contributed by atoms with Crippen molar-refractivity contribution in [1.82, 2.24) is 14.9 Å². The van der Waals surface area contributed by atoms with Gasteiger partial charge in [0.1, 0.15) is 11.5 Å². The molecular formula is C16H20N4O2. The van der Waals surface area contributed by atoms with Crippen molar-refractivity contribution in [1.29, 1.82) is 0 Å². The maximum absolute atomic E-state index is 5.64. The molecule has 0 bridgehead atoms. The van der Waals surface area contributed by atoms with Crippen molar-refractivity contribution in [3.63, 3.8) is 0 Å². The van der Waals surface area contributed by atoms with Gasteiger partial charge in [0.15, 0.2) is 0 Å². The third kappa shape index (κ3) is 2.96. The molecular weight excluding hydrogens is 280 g/mol. The predicted octanol–water partition coefficient (Wildman–Crippen LogP) is 1.63. The van der Waals surface area contributed by atoms with E-state index in [0.29, 0.717) is 5.95 Å². The van der Waals surface area contributed by atoms with Gasteiger partial charge in [-0.1, -0.05) is 0 Å². The molecule has 0 radical (unpaired) electrons. The fourth-order valence-electron chi connectivity index (χ4n) is 2.77. The molecule has 2 N–H and O–H groups in total. The molecule has 6 heteroatoms. The summed E-state index contributed by atoms with van der Waals surface area (Å²) in [4.78, 5) is 10.7. The van der Waals surface area contributed by atoms with E-state index in [4.69, 9.17) is 15.2 Å². The largest absolute Gasteiger partial charge is 0.497 e. The first-order chi connectivity index (χ1) is 10.7. The summed E-state index contributed by atoms with van der Waals surface area (Å²) in [6.07, 6.45) is 2.71. The Morgan fingerprint density at radius 3 is 2.91 bits per heavy atom. The Morgan fingerprint density at radius 2 is 2.14 bits per heavy atom. The summed E-state index contributed by atoms with van der Waals surface area (Å²) in [5.41, 5.74) is 8.95. The molecule has 0 saturated heterocycles. The average Bonchev–Trinajstić information content (AvgIpc) is 2.55. The van der Waals surface area contributed by atoms with Crippen LogP contribution in [0.4, 0.5) is 5.95 Å². The van der Waals surface area contributed by atoms with Gasteiger partial charge in [0.05, 0.1) is 19.9 Å². The number of nitrogens with zero attached hydrogens (tertiary/aromatic N) is 3. The molecule has 0 atom stereocenters. The molecule has 116 valence electrons. The van der Waals surface area contributed by atoms with E-state index in [0.717, 1.165) is 54.4 Å². The fraction of sp³-hybridized carbons (Fsp3) is 0.375. The molecule has 6 nitrogen and oxygen atoms in total. The van der Waals surface area contributed by atoms with Crippen LogP contribution in [0.25, 0.3) is 0 Å². The van der Waals surface area contributed by atoms with Gasteiger partial charge >= 0.3 is 0 Å². The predicted molar refractivity (Wildman–Crippen MR) is 83.8 cm³/mol. The Hall–Kier alpha value is -2.34. The monoisotopic (exact) mass is 300 g/mol. The first-order valence-electron chi connectivity index (χ1n) is 7.23. The zero-order chi connectivity index (χ0) is 15.5. The summed E-state index contributed by atoms with van der Waals surface area (Å²) in [6.45, 7) is 2.55. The van der Waals surface area contributed by atoms with Gasteiger partial charge in [0.25, 0.3) is 0 Å². The number of ether oxygens (including phenoxy) is 2. The standard InChI is InChI=1S/C16H20N4O2/c1-21-13-3-4-15(22-2)11(7-13)9-20-6-5-14-12(10-20)8-18-16(17)19-14/h3-4,7-8H,5-6,9-10H2,1-2H3,(H2,17,18,19). The van der Waals surface area contributed by atoms with Crippen LogP contribution < -0.4 is 15.2 Å². The van der Waals surface area contributed by atoms with Crippen LogP contribution in [0.15, 0.2) is 24.4 Å². The summed E-state index contributed by atoms with van der Waals surface area (Å²) >= 11 is 0. The molecule has 0 spiro atoms. The number of benzene rings is 1. The lowest BCUT2D eigenvalue weighted by atomic mass is 10.1. The van der Waals surface area contributed by atoms with Crippen molar-refractivity contribution in [2.24, 2.45) is 0 Å². The van der Waals surface area contributed by atoms with Crippen molar-refractivity contribution < 1.29 is 9.47 Å². The maximum atomic E-state index is 5.64. The lowest BCUT2D eigenvalue weighted by Gasteiger charge is -2.28. The lowest BCUT2D eigenvalue weighted by molar-refractivity contribution is 0.239. The average molecular weight is 300 g/mol. The summed E-state index contributed by atoms with van der Waals surface area (Å²) in [5.74, 6) is 2.06. The van der Waals surface area contributed by atoms with Gasteiger partial charge in [0.2, 0.25) is 5.95 Å².